The van der Waals surface area contributed by atoms with Gasteiger partial charge in [0, 0.05) is 26.2 Å². The number of carbonyl (C=O) groups excluding carboxylic acids is 2. The molecular weight excluding hydrogens is 376 g/mol. The predicted octanol–water partition coefficient (Wildman–Crippen LogP) is 1.87. The summed E-state index contributed by atoms with van der Waals surface area (Å²) < 4.78 is 9.86. The molecule has 0 spiro atoms. The van der Waals surface area contributed by atoms with Gasteiger partial charge in [0.05, 0.1) is 25.0 Å². The number of nitrogen functional groups attached to an aromatic ring is 1. The largest absolute Gasteiger partial charge is 0.465 e. The Morgan fingerprint density at radius 1 is 1.17 bits per heavy atom. The van der Waals surface area contributed by atoms with Gasteiger partial charge in [0.15, 0.2) is 11.6 Å². The van der Waals surface area contributed by atoms with Gasteiger partial charge in [-0.3, -0.25) is 0 Å². The second kappa shape index (κ2) is 9.09. The molecule has 1 aliphatic rings. The van der Waals surface area contributed by atoms with Crippen molar-refractivity contribution in [2.45, 2.75) is 6.92 Å². The van der Waals surface area contributed by atoms with Crippen LogP contribution in [0.3, 0.4) is 0 Å². The van der Waals surface area contributed by atoms with E-state index < -0.39 is 5.97 Å². The number of carbonyl (C=O) groups is 2. The van der Waals surface area contributed by atoms with E-state index in [0.29, 0.717) is 61.4 Å². The van der Waals surface area contributed by atoms with Crippen molar-refractivity contribution >= 4 is 35.1 Å². The molecular formula is C19H24N6O4. The standard InChI is InChI=1S/C19H24N6O4/c1-3-29-19(27)25-10-8-24(9-11-25)17-15(20)16(21-12-22-17)23-14-7-5-4-6-13(14)18(26)28-2/h4-7,12H,3,8-11,20H2,1-2H3,(H,21,22,23). The number of aromatic nitrogens is 2. The van der Waals surface area contributed by atoms with E-state index in [1.165, 1.54) is 13.4 Å². The molecule has 2 aromatic rings. The van der Waals surface area contributed by atoms with Crippen molar-refractivity contribution < 1.29 is 19.1 Å². The van der Waals surface area contributed by atoms with Gasteiger partial charge < -0.3 is 30.3 Å². The van der Waals surface area contributed by atoms with Gasteiger partial charge in [0.1, 0.15) is 12.0 Å². The van der Waals surface area contributed by atoms with E-state index in [1.54, 1.807) is 36.1 Å². The van der Waals surface area contributed by atoms with Crippen LogP contribution in [0.25, 0.3) is 0 Å². The topological polar surface area (TPSA) is 123 Å². The van der Waals surface area contributed by atoms with Crippen molar-refractivity contribution in [3.63, 3.8) is 0 Å². The number of amides is 1. The van der Waals surface area contributed by atoms with E-state index in [0.717, 1.165) is 0 Å². The lowest BCUT2D eigenvalue weighted by atomic mass is 10.2. The lowest BCUT2D eigenvalue weighted by Gasteiger charge is -2.35. The average Bonchev–Trinajstić information content (AvgIpc) is 2.75. The fraction of sp³-hybridized carbons (Fsp3) is 0.368. The van der Waals surface area contributed by atoms with E-state index in [4.69, 9.17) is 15.2 Å². The molecule has 10 heteroatoms. The highest BCUT2D eigenvalue weighted by Crippen LogP contribution is 2.30. The smallest absolute Gasteiger partial charge is 0.409 e. The molecule has 0 bridgehead atoms. The van der Waals surface area contributed by atoms with Crippen LogP contribution in [-0.2, 0) is 9.47 Å². The Hall–Kier alpha value is -3.56. The van der Waals surface area contributed by atoms with Crippen LogP contribution >= 0.6 is 0 Å². The van der Waals surface area contributed by atoms with Crippen LogP contribution in [0, 0.1) is 0 Å². The Balaban J connectivity index is 1.76. The normalized spacial score (nSPS) is 13.7. The Morgan fingerprint density at radius 2 is 1.90 bits per heavy atom. The molecule has 3 N–H and O–H groups in total. The van der Waals surface area contributed by atoms with Crippen LogP contribution in [0.4, 0.5) is 27.8 Å². The number of ether oxygens (including phenoxy) is 2. The number of piperazine rings is 1. The molecule has 0 saturated carbocycles. The van der Waals surface area contributed by atoms with Crippen LogP contribution in [0.1, 0.15) is 17.3 Å². The Morgan fingerprint density at radius 3 is 2.59 bits per heavy atom. The maximum Gasteiger partial charge on any atom is 0.409 e. The number of hydrogen-bond donors (Lipinski definition) is 2. The van der Waals surface area contributed by atoms with E-state index in [2.05, 4.69) is 15.3 Å². The van der Waals surface area contributed by atoms with Crippen molar-refractivity contribution in [2.24, 2.45) is 0 Å². The van der Waals surface area contributed by atoms with Crippen molar-refractivity contribution in [2.75, 3.05) is 55.8 Å². The molecule has 10 nitrogen and oxygen atoms in total. The van der Waals surface area contributed by atoms with Crippen LogP contribution in [0.2, 0.25) is 0 Å². The lowest BCUT2D eigenvalue weighted by Crippen LogP contribution is -2.49. The number of benzene rings is 1. The molecule has 2 heterocycles. The van der Waals surface area contributed by atoms with Crippen LogP contribution in [0.15, 0.2) is 30.6 Å². The van der Waals surface area contributed by atoms with Crippen molar-refractivity contribution in [3.8, 4) is 0 Å². The quantitative estimate of drug-likeness (QED) is 0.724. The van der Waals surface area contributed by atoms with E-state index in [1.807, 2.05) is 4.90 Å². The molecule has 1 amide bonds. The molecule has 1 saturated heterocycles. The van der Waals surface area contributed by atoms with Gasteiger partial charge in [-0.15, -0.1) is 0 Å². The summed E-state index contributed by atoms with van der Waals surface area (Å²) >= 11 is 0. The Kier molecular flexibility index (Phi) is 6.32. The Bertz CT molecular complexity index is 883. The van der Waals surface area contributed by atoms with Crippen LogP contribution in [-0.4, -0.2) is 66.8 Å². The average molecular weight is 400 g/mol. The summed E-state index contributed by atoms with van der Waals surface area (Å²) in [4.78, 5) is 36.0. The molecule has 3 rings (SSSR count). The van der Waals surface area contributed by atoms with Crippen molar-refractivity contribution in [1.29, 1.82) is 0 Å². The summed E-state index contributed by atoms with van der Waals surface area (Å²) in [6, 6.07) is 6.93. The van der Waals surface area contributed by atoms with Gasteiger partial charge in [-0.2, -0.15) is 0 Å². The molecule has 1 aromatic carbocycles. The predicted molar refractivity (Wildman–Crippen MR) is 108 cm³/mol. The third-order valence-corrected chi connectivity index (χ3v) is 4.55. The van der Waals surface area contributed by atoms with Crippen LogP contribution < -0.4 is 16.0 Å². The minimum Gasteiger partial charge on any atom is -0.465 e. The van der Waals surface area contributed by atoms with Gasteiger partial charge in [-0.05, 0) is 19.1 Å². The summed E-state index contributed by atoms with van der Waals surface area (Å²) in [5.74, 6) is 0.497. The molecule has 0 aliphatic carbocycles. The van der Waals surface area contributed by atoms with Gasteiger partial charge in [-0.1, -0.05) is 12.1 Å². The summed E-state index contributed by atoms with van der Waals surface area (Å²) in [7, 11) is 1.33. The zero-order valence-corrected chi connectivity index (χ0v) is 16.4. The first-order valence-corrected chi connectivity index (χ1v) is 9.26. The lowest BCUT2D eigenvalue weighted by molar-refractivity contribution is 0.0601. The highest BCUT2D eigenvalue weighted by Gasteiger charge is 2.25. The SMILES string of the molecule is CCOC(=O)N1CCN(c2ncnc(Nc3ccccc3C(=O)OC)c2N)CC1. The maximum absolute atomic E-state index is 12.0. The summed E-state index contributed by atoms with van der Waals surface area (Å²) in [6.45, 7) is 4.28. The number of nitrogens with one attached hydrogen (secondary N) is 1. The third-order valence-electron chi connectivity index (χ3n) is 4.55. The molecule has 0 unspecified atom stereocenters. The minimum absolute atomic E-state index is 0.315. The first kappa shape index (κ1) is 20.2. The Labute approximate surface area is 168 Å². The van der Waals surface area contributed by atoms with Crippen molar-refractivity contribution in [1.82, 2.24) is 14.9 Å². The number of para-hydroxylation sites is 1. The monoisotopic (exact) mass is 400 g/mol. The molecule has 0 atom stereocenters. The van der Waals surface area contributed by atoms with Crippen LogP contribution in [0.5, 0.6) is 0 Å². The zero-order chi connectivity index (χ0) is 20.8. The molecule has 29 heavy (non-hydrogen) atoms. The molecule has 0 radical (unpaired) electrons. The highest BCUT2D eigenvalue weighted by molar-refractivity contribution is 5.97. The first-order valence-electron chi connectivity index (χ1n) is 9.26. The number of methoxy groups -OCH3 is 1. The number of nitrogens with zero attached hydrogens (tertiary/aromatic N) is 4. The summed E-state index contributed by atoms with van der Waals surface area (Å²) in [6.07, 6.45) is 1.09. The van der Waals surface area contributed by atoms with Gasteiger partial charge in [0.25, 0.3) is 0 Å². The summed E-state index contributed by atoms with van der Waals surface area (Å²) in [5, 5.41) is 3.09. The fourth-order valence-corrected chi connectivity index (χ4v) is 3.06. The van der Waals surface area contributed by atoms with Gasteiger partial charge in [0.2, 0.25) is 0 Å². The van der Waals surface area contributed by atoms with E-state index >= 15 is 0 Å². The maximum atomic E-state index is 12.0. The second-order valence-corrected chi connectivity index (χ2v) is 6.29. The summed E-state index contributed by atoms with van der Waals surface area (Å²) in [5.41, 5.74) is 7.57. The minimum atomic E-state index is -0.462. The molecule has 1 fully saturated rings. The number of nitrogens with two attached hydrogens (primary N) is 1. The first-order chi connectivity index (χ1) is 14.0. The fourth-order valence-electron chi connectivity index (χ4n) is 3.06. The molecule has 1 aliphatic heterocycles. The second-order valence-electron chi connectivity index (χ2n) is 6.29. The molecule has 1 aromatic heterocycles. The zero-order valence-electron chi connectivity index (χ0n) is 16.4. The number of hydrogen-bond acceptors (Lipinski definition) is 9. The van der Waals surface area contributed by atoms with E-state index in [-0.39, 0.29) is 6.09 Å². The number of rotatable bonds is 5. The van der Waals surface area contributed by atoms with Gasteiger partial charge >= 0.3 is 12.1 Å². The number of esters is 1. The third kappa shape index (κ3) is 4.48. The number of anilines is 4. The molecule has 154 valence electrons. The van der Waals surface area contributed by atoms with Gasteiger partial charge in [-0.25, -0.2) is 19.6 Å². The highest BCUT2D eigenvalue weighted by atomic mass is 16.6. The van der Waals surface area contributed by atoms with Crippen molar-refractivity contribution in [3.05, 3.63) is 36.2 Å². The van der Waals surface area contributed by atoms with E-state index in [9.17, 15) is 9.59 Å².